The molecule has 0 amide bonds. The molecule has 4 nitrogen and oxygen atoms in total. The van der Waals surface area contributed by atoms with Crippen LogP contribution in [0.15, 0.2) is 25.3 Å². The minimum atomic E-state index is -0.784. The number of ether oxygens (including phenoxy) is 1. The fourth-order valence-corrected chi connectivity index (χ4v) is 1.00. The van der Waals surface area contributed by atoms with E-state index in [0.717, 1.165) is 12.2 Å². The van der Waals surface area contributed by atoms with E-state index in [2.05, 4.69) is 13.2 Å². The summed E-state index contributed by atoms with van der Waals surface area (Å²) in [5, 5.41) is 0. The summed E-state index contributed by atoms with van der Waals surface area (Å²) in [7, 11) is 5.72. The first kappa shape index (κ1) is 17.3. The molecule has 1 unspecified atom stereocenters. The minimum absolute atomic E-state index is 0. The van der Waals surface area contributed by atoms with Crippen LogP contribution in [0.2, 0.25) is 0 Å². The molecule has 0 aromatic carbocycles. The van der Waals surface area contributed by atoms with Crippen LogP contribution in [0.1, 0.15) is 0 Å². The van der Waals surface area contributed by atoms with Crippen molar-refractivity contribution in [2.45, 2.75) is 6.10 Å². The van der Waals surface area contributed by atoms with Crippen molar-refractivity contribution in [3.63, 3.8) is 0 Å². The number of likely N-dealkylation sites (N-methyl/N-ethyl adjacent to an activating group) is 1. The molecular formula is C11H18ClNO3. The Hall–Kier alpha value is -1.13. The summed E-state index contributed by atoms with van der Waals surface area (Å²) in [6.45, 7) is 7.06. The van der Waals surface area contributed by atoms with E-state index in [4.69, 9.17) is 4.74 Å². The highest BCUT2D eigenvalue weighted by Gasteiger charge is 2.26. The highest BCUT2D eigenvalue weighted by atomic mass is 35.5. The fourth-order valence-electron chi connectivity index (χ4n) is 1.00. The molecular weight excluding hydrogens is 230 g/mol. The summed E-state index contributed by atoms with van der Waals surface area (Å²) in [5.41, 5.74) is 0. The van der Waals surface area contributed by atoms with Gasteiger partial charge in [0.25, 0.3) is 0 Å². The maximum Gasteiger partial charge on any atom is 0.331 e. The number of ketones is 1. The number of carbonyl (C=O) groups is 2. The van der Waals surface area contributed by atoms with Crippen molar-refractivity contribution in [2.24, 2.45) is 0 Å². The molecule has 0 aliphatic carbocycles. The number of hydrogen-bond donors (Lipinski definition) is 0. The number of nitrogens with zero attached hydrogens (tertiary/aromatic N) is 1. The van der Waals surface area contributed by atoms with Crippen LogP contribution in [-0.2, 0) is 14.3 Å². The van der Waals surface area contributed by atoms with E-state index in [0.29, 0.717) is 11.0 Å². The smallest absolute Gasteiger partial charge is 0.331 e. The van der Waals surface area contributed by atoms with Crippen molar-refractivity contribution >= 4 is 11.8 Å². The van der Waals surface area contributed by atoms with Gasteiger partial charge in [0.15, 0.2) is 0 Å². The van der Waals surface area contributed by atoms with E-state index in [9.17, 15) is 9.59 Å². The van der Waals surface area contributed by atoms with Crippen molar-refractivity contribution in [3.05, 3.63) is 25.3 Å². The van der Waals surface area contributed by atoms with Crippen molar-refractivity contribution in [1.29, 1.82) is 0 Å². The Kier molecular flexibility index (Phi) is 7.77. The lowest BCUT2D eigenvalue weighted by Gasteiger charge is -2.27. The molecule has 0 rings (SSSR count). The summed E-state index contributed by atoms with van der Waals surface area (Å²) in [4.78, 5) is 22.4. The molecule has 0 bridgehead atoms. The first-order valence-electron chi connectivity index (χ1n) is 4.60. The average molecular weight is 248 g/mol. The third-order valence-electron chi connectivity index (χ3n) is 1.66. The summed E-state index contributed by atoms with van der Waals surface area (Å²) in [5.74, 6) is -0.887. The fraction of sp³-hybridized carbons (Fsp3) is 0.455. The van der Waals surface area contributed by atoms with Gasteiger partial charge in [-0.15, -0.1) is 0 Å². The van der Waals surface area contributed by atoms with Gasteiger partial charge in [-0.25, -0.2) is 4.79 Å². The van der Waals surface area contributed by atoms with Crippen LogP contribution in [-0.4, -0.2) is 50.0 Å². The van der Waals surface area contributed by atoms with Crippen molar-refractivity contribution in [2.75, 3.05) is 27.7 Å². The highest BCUT2D eigenvalue weighted by Crippen LogP contribution is 2.03. The average Bonchev–Trinajstić information content (AvgIpc) is 2.13. The zero-order valence-corrected chi connectivity index (χ0v) is 10.7. The summed E-state index contributed by atoms with van der Waals surface area (Å²) in [6.07, 6.45) is 1.42. The SMILES string of the molecule is C=CC(=O)OC(C[N+](C)(C)C)C(=O)C=C.[Cl-]. The van der Waals surface area contributed by atoms with Gasteiger partial charge in [0.05, 0.1) is 21.1 Å². The molecule has 1 atom stereocenters. The first-order chi connectivity index (χ1) is 6.80. The van der Waals surface area contributed by atoms with Crippen LogP contribution in [0.4, 0.5) is 0 Å². The van der Waals surface area contributed by atoms with Crippen LogP contribution < -0.4 is 12.4 Å². The van der Waals surface area contributed by atoms with Gasteiger partial charge in [0.2, 0.25) is 11.9 Å². The molecule has 16 heavy (non-hydrogen) atoms. The summed E-state index contributed by atoms with van der Waals surface area (Å²) >= 11 is 0. The molecule has 0 aromatic heterocycles. The van der Waals surface area contributed by atoms with Crippen LogP contribution in [0.5, 0.6) is 0 Å². The predicted molar refractivity (Wildman–Crippen MR) is 58.2 cm³/mol. The second-order valence-electron chi connectivity index (χ2n) is 4.21. The first-order valence-corrected chi connectivity index (χ1v) is 4.60. The molecule has 0 saturated heterocycles. The van der Waals surface area contributed by atoms with Gasteiger partial charge in [-0.05, 0) is 6.08 Å². The summed E-state index contributed by atoms with van der Waals surface area (Å²) < 4.78 is 5.46. The molecule has 0 aliphatic rings. The normalized spacial score (nSPS) is 11.9. The largest absolute Gasteiger partial charge is 1.00 e. The van der Waals surface area contributed by atoms with Gasteiger partial charge in [0.1, 0.15) is 6.54 Å². The number of esters is 1. The molecule has 92 valence electrons. The minimum Gasteiger partial charge on any atom is -1.00 e. The molecule has 0 radical (unpaired) electrons. The van der Waals surface area contributed by atoms with Gasteiger partial charge in [-0.3, -0.25) is 4.79 Å². The van der Waals surface area contributed by atoms with Crippen LogP contribution >= 0.6 is 0 Å². The quantitative estimate of drug-likeness (QED) is 0.297. The van der Waals surface area contributed by atoms with E-state index >= 15 is 0 Å². The molecule has 0 N–H and O–H groups in total. The lowest BCUT2D eigenvalue weighted by atomic mass is 10.2. The van der Waals surface area contributed by atoms with Gasteiger partial charge >= 0.3 is 5.97 Å². The zero-order chi connectivity index (χ0) is 12.1. The van der Waals surface area contributed by atoms with E-state index in [-0.39, 0.29) is 18.2 Å². The predicted octanol–water partition coefficient (Wildman–Crippen LogP) is -2.45. The molecule has 0 fully saturated rings. The standard InChI is InChI=1S/C11H18NO3.ClH/c1-6-9(13)10(8-12(3,4)5)15-11(14)7-2;/h6-7,10H,1-2,8H2,3-5H3;1H/q+1;/p-1. The van der Waals surface area contributed by atoms with Crippen LogP contribution in [0, 0.1) is 0 Å². The Bertz CT molecular complexity index is 281. The van der Waals surface area contributed by atoms with Gasteiger partial charge in [-0.2, -0.15) is 0 Å². The van der Waals surface area contributed by atoms with Gasteiger partial charge < -0.3 is 21.6 Å². The number of carbonyl (C=O) groups excluding carboxylic acids is 2. The highest BCUT2D eigenvalue weighted by molar-refractivity contribution is 5.95. The Labute approximate surface area is 103 Å². The van der Waals surface area contributed by atoms with E-state index in [1.165, 1.54) is 0 Å². The number of rotatable bonds is 6. The number of halogens is 1. The molecule has 0 aliphatic heterocycles. The second-order valence-corrected chi connectivity index (χ2v) is 4.21. The second kappa shape index (κ2) is 7.19. The zero-order valence-electron chi connectivity index (χ0n) is 9.90. The Balaban J connectivity index is 0. The lowest BCUT2D eigenvalue weighted by Crippen LogP contribution is -3.00. The molecule has 0 aromatic rings. The maximum absolute atomic E-state index is 11.4. The summed E-state index contributed by atoms with van der Waals surface area (Å²) in [6, 6.07) is 0. The molecule has 0 heterocycles. The van der Waals surface area contributed by atoms with Crippen molar-refractivity contribution in [3.8, 4) is 0 Å². The van der Waals surface area contributed by atoms with E-state index < -0.39 is 12.1 Å². The maximum atomic E-state index is 11.4. The third-order valence-corrected chi connectivity index (χ3v) is 1.66. The van der Waals surface area contributed by atoms with Gasteiger partial charge in [0, 0.05) is 6.08 Å². The Morgan fingerprint density at radius 1 is 1.25 bits per heavy atom. The Morgan fingerprint density at radius 3 is 2.06 bits per heavy atom. The number of quaternary nitrogens is 1. The Morgan fingerprint density at radius 2 is 1.75 bits per heavy atom. The van der Waals surface area contributed by atoms with Gasteiger partial charge in [-0.1, -0.05) is 13.2 Å². The number of hydrogen-bond acceptors (Lipinski definition) is 3. The van der Waals surface area contributed by atoms with E-state index in [1.54, 1.807) is 0 Å². The lowest BCUT2D eigenvalue weighted by molar-refractivity contribution is -0.872. The molecule has 5 heteroatoms. The molecule has 0 saturated carbocycles. The van der Waals surface area contributed by atoms with Crippen LogP contribution in [0.25, 0.3) is 0 Å². The van der Waals surface area contributed by atoms with Crippen molar-refractivity contribution < 1.29 is 31.2 Å². The van der Waals surface area contributed by atoms with E-state index in [1.807, 2.05) is 21.1 Å². The monoisotopic (exact) mass is 247 g/mol. The third kappa shape index (κ3) is 7.20. The topological polar surface area (TPSA) is 43.4 Å². The van der Waals surface area contributed by atoms with Crippen LogP contribution in [0.3, 0.4) is 0 Å². The molecule has 0 spiro atoms. The van der Waals surface area contributed by atoms with Crippen molar-refractivity contribution in [1.82, 2.24) is 0 Å².